The van der Waals surface area contributed by atoms with Crippen molar-refractivity contribution in [3.05, 3.63) is 510 Å². The van der Waals surface area contributed by atoms with E-state index in [0.29, 0.717) is 0 Å². The highest BCUT2D eigenvalue weighted by molar-refractivity contribution is 7.26. The Hall–Kier alpha value is -16.5. The Morgan fingerprint density at radius 2 is 0.274 bits per heavy atom. The Balaban J connectivity index is 0.000000108. The van der Waals surface area contributed by atoms with Crippen molar-refractivity contribution in [2.75, 3.05) is 0 Å². The molecule has 0 unspecified atom stereocenters. The molecule has 0 atom stereocenters. The maximum absolute atomic E-state index is 2.38. The van der Waals surface area contributed by atoms with E-state index in [2.05, 4.69) is 510 Å². The van der Waals surface area contributed by atoms with Crippen molar-refractivity contribution in [2.45, 2.75) is 0 Å². The zero-order valence-corrected chi connectivity index (χ0v) is 76.2. The summed E-state index contributed by atoms with van der Waals surface area (Å²) in [6, 6.07) is 187. The first-order chi connectivity index (χ1) is 67.0. The summed E-state index contributed by atoms with van der Waals surface area (Å²) >= 11 is 5.63. The summed E-state index contributed by atoms with van der Waals surface area (Å²) in [5, 5.41) is 23.3. The molecule has 24 aromatic carbocycles. The van der Waals surface area contributed by atoms with Crippen LogP contribution in [-0.2, 0) is 0 Å². The van der Waals surface area contributed by atoms with E-state index in [1.165, 1.54) is 259 Å². The summed E-state index contributed by atoms with van der Waals surface area (Å²) in [7, 11) is 0. The molecule has 0 aliphatic heterocycles. The SMILES string of the molecule is c1ccc(-c2ccc(-c3c4ccccc4c(-c4ccccc4-c4ccc5c(c4)sc4ccccc45)c4ccccc34)cc2)cc1.c1ccc(-c2cccc(-c3c4ccccc4c(-c4cccc(-c5ccc6c(c5)sc5ccccc56)c4)c4ccccc34)c2)cc1.c1ccc(-c2cccc(-c3c4ccccc4c(-c4ccccc4-c4ccc5c(c4)sc4ccccc45)c4ccccc34)c2)cc1. The van der Waals surface area contributed by atoms with Crippen molar-refractivity contribution in [2.24, 2.45) is 0 Å². The van der Waals surface area contributed by atoms with E-state index >= 15 is 0 Å². The van der Waals surface area contributed by atoms with Crippen molar-refractivity contribution in [3.63, 3.8) is 0 Å². The van der Waals surface area contributed by atoms with Gasteiger partial charge in [-0.05, 0) is 253 Å². The van der Waals surface area contributed by atoms with Gasteiger partial charge in [0.25, 0.3) is 0 Å². The van der Waals surface area contributed by atoms with Gasteiger partial charge >= 0.3 is 0 Å². The molecule has 0 amide bonds. The lowest BCUT2D eigenvalue weighted by Crippen LogP contribution is -1.93. The molecule has 3 heteroatoms. The number of thiophene rings is 3. The molecule has 0 aliphatic carbocycles. The van der Waals surface area contributed by atoms with Crippen LogP contribution < -0.4 is 0 Å². The van der Waals surface area contributed by atoms with Crippen molar-refractivity contribution < 1.29 is 0 Å². The van der Waals surface area contributed by atoms with Gasteiger partial charge in [-0.25, -0.2) is 0 Å². The molecule has 135 heavy (non-hydrogen) atoms. The van der Waals surface area contributed by atoms with Gasteiger partial charge in [0, 0.05) is 60.5 Å². The van der Waals surface area contributed by atoms with E-state index in [-0.39, 0.29) is 0 Å². The van der Waals surface area contributed by atoms with Crippen molar-refractivity contribution in [3.8, 4) is 134 Å². The highest BCUT2D eigenvalue weighted by atomic mass is 32.1. The third-order valence-corrected chi connectivity index (χ3v) is 30.6. The predicted molar refractivity (Wildman–Crippen MR) is 588 cm³/mol. The number of hydrogen-bond acceptors (Lipinski definition) is 3. The second kappa shape index (κ2) is 34.7. The van der Waals surface area contributed by atoms with Gasteiger partial charge in [-0.15, -0.1) is 34.0 Å². The van der Waals surface area contributed by atoms with E-state index < -0.39 is 0 Å². The summed E-state index contributed by atoms with van der Waals surface area (Å²) in [4.78, 5) is 0. The van der Waals surface area contributed by atoms with E-state index in [1.807, 2.05) is 34.0 Å². The van der Waals surface area contributed by atoms with Crippen LogP contribution in [0.1, 0.15) is 0 Å². The largest absolute Gasteiger partial charge is 0.135 e. The minimum Gasteiger partial charge on any atom is -0.135 e. The van der Waals surface area contributed by atoms with Crippen molar-refractivity contribution in [1.82, 2.24) is 0 Å². The topological polar surface area (TPSA) is 0 Å². The third-order valence-electron chi connectivity index (χ3n) is 27.2. The van der Waals surface area contributed by atoms with Gasteiger partial charge in [0.1, 0.15) is 0 Å². The van der Waals surface area contributed by atoms with Gasteiger partial charge < -0.3 is 0 Å². The van der Waals surface area contributed by atoms with Crippen LogP contribution in [0, 0.1) is 0 Å². The Morgan fingerprint density at radius 1 is 0.0889 bits per heavy atom. The molecule has 27 aromatic rings. The van der Waals surface area contributed by atoms with Crippen LogP contribution in [0.25, 0.3) is 259 Å². The van der Waals surface area contributed by atoms with E-state index in [0.717, 1.165) is 0 Å². The first-order valence-electron chi connectivity index (χ1n) is 46.3. The molecule has 27 rings (SSSR count). The molecule has 3 heterocycles. The smallest absolute Gasteiger partial charge is 0.0361 e. The molecule has 0 spiro atoms. The lowest BCUT2D eigenvalue weighted by atomic mass is 9.83. The molecule has 0 N–H and O–H groups in total. The minimum absolute atomic E-state index is 1.23. The second-order valence-corrected chi connectivity index (χ2v) is 38.2. The minimum atomic E-state index is 1.23. The van der Waals surface area contributed by atoms with Crippen LogP contribution in [0.4, 0.5) is 0 Å². The fourth-order valence-corrected chi connectivity index (χ4v) is 24.5. The van der Waals surface area contributed by atoms with Crippen LogP contribution >= 0.6 is 34.0 Å². The zero-order valence-electron chi connectivity index (χ0n) is 73.7. The normalized spacial score (nSPS) is 11.6. The third kappa shape index (κ3) is 14.6. The highest BCUT2D eigenvalue weighted by Gasteiger charge is 2.25. The number of fused-ring (bicyclic) bond motifs is 15. The molecule has 0 aliphatic rings. The highest BCUT2D eigenvalue weighted by Crippen LogP contribution is 2.52. The Morgan fingerprint density at radius 3 is 0.593 bits per heavy atom. The fraction of sp³-hybridized carbons (Fsp3) is 0. The van der Waals surface area contributed by atoms with Crippen molar-refractivity contribution >= 4 is 159 Å². The number of rotatable bonds is 12. The molecule has 0 saturated carbocycles. The van der Waals surface area contributed by atoms with E-state index in [4.69, 9.17) is 0 Å². The van der Waals surface area contributed by atoms with E-state index in [1.54, 1.807) is 0 Å². The van der Waals surface area contributed by atoms with Crippen LogP contribution in [-0.4, -0.2) is 0 Å². The van der Waals surface area contributed by atoms with Crippen LogP contribution in [0.15, 0.2) is 510 Å². The lowest BCUT2D eigenvalue weighted by molar-refractivity contribution is 1.61. The molecule has 0 radical (unpaired) electrons. The molecule has 3 aromatic heterocycles. The van der Waals surface area contributed by atoms with Crippen LogP contribution in [0.5, 0.6) is 0 Å². The van der Waals surface area contributed by atoms with Crippen LogP contribution in [0.3, 0.4) is 0 Å². The predicted octanol–water partition coefficient (Wildman–Crippen LogP) is 39.1. The van der Waals surface area contributed by atoms with Gasteiger partial charge in [0.15, 0.2) is 0 Å². The quantitative estimate of drug-likeness (QED) is 0.107. The van der Waals surface area contributed by atoms with Crippen LogP contribution in [0.2, 0.25) is 0 Å². The summed E-state index contributed by atoms with van der Waals surface area (Å²) < 4.78 is 7.99. The van der Waals surface area contributed by atoms with Gasteiger partial charge in [-0.3, -0.25) is 0 Å². The maximum atomic E-state index is 2.38. The summed E-state index contributed by atoms with van der Waals surface area (Å²) in [5.41, 5.74) is 30.1. The maximum Gasteiger partial charge on any atom is 0.0361 e. The Labute approximate surface area is 795 Å². The molecular formula is C132H84S3. The summed E-state index contributed by atoms with van der Waals surface area (Å²) in [6.45, 7) is 0. The average Bonchev–Trinajstić information content (AvgIpc) is 1.42. The lowest BCUT2D eigenvalue weighted by Gasteiger charge is -2.20. The first-order valence-corrected chi connectivity index (χ1v) is 48.8. The standard InChI is InChI=1S/3C44H28S/c1-2-12-29(13-3-1)30-14-10-16-33(26-30)43-37-19-4-6-21-39(37)44(40-22-7-5-20-38(40)43)34-17-11-15-31(27-34)32-24-25-36-35-18-8-9-23-41(35)45-42(36)28-32;1-2-13-29(14-3-1)30-15-12-16-32(27-30)43-37-20-6-8-22-39(37)44(40-23-9-7-21-38(40)43)36-19-5-4-17-33(36)31-25-26-35-34-18-10-11-24-41(34)45-42(35)28-31;1-2-12-29(13-3-1)30-22-24-31(25-23-30)43-37-17-6-8-19-39(37)44(40-20-9-7-18-38(40)43)36-16-5-4-14-33(36)32-26-27-35-34-15-10-11-21-41(34)45-42(35)28-32/h3*1-28H. The summed E-state index contributed by atoms with van der Waals surface area (Å²) in [5.74, 6) is 0. The fourth-order valence-electron chi connectivity index (χ4n) is 21.1. The molecule has 0 nitrogen and oxygen atoms in total. The first kappa shape index (κ1) is 80.6. The van der Waals surface area contributed by atoms with Gasteiger partial charge in [-0.2, -0.15) is 0 Å². The number of hydrogen-bond donors (Lipinski definition) is 0. The molecule has 0 bridgehead atoms. The molecule has 0 saturated heterocycles. The number of benzene rings is 24. The second-order valence-electron chi connectivity index (χ2n) is 35.0. The Bertz CT molecular complexity index is 9110. The van der Waals surface area contributed by atoms with Gasteiger partial charge in [-0.1, -0.05) is 455 Å². The molecule has 0 fully saturated rings. The van der Waals surface area contributed by atoms with Gasteiger partial charge in [0.2, 0.25) is 0 Å². The van der Waals surface area contributed by atoms with E-state index in [9.17, 15) is 0 Å². The zero-order chi connectivity index (χ0) is 89.2. The summed E-state index contributed by atoms with van der Waals surface area (Å²) in [6.07, 6.45) is 0. The molecule has 630 valence electrons. The average molecular weight is 1770 g/mol. The van der Waals surface area contributed by atoms with Crippen molar-refractivity contribution in [1.29, 1.82) is 0 Å². The Kier molecular flexibility index (Phi) is 20.7. The molecular weight excluding hydrogens is 1680 g/mol. The monoisotopic (exact) mass is 1760 g/mol. The van der Waals surface area contributed by atoms with Gasteiger partial charge in [0.05, 0.1) is 0 Å².